The number of nitrogens with zero attached hydrogens (tertiary/aromatic N) is 2. The van der Waals surface area contributed by atoms with Crippen LogP contribution < -0.4 is 0 Å². The van der Waals surface area contributed by atoms with Gasteiger partial charge in [-0.15, -0.1) is 0 Å². The third kappa shape index (κ3) is 3.19. The molecule has 1 aromatic carbocycles. The van der Waals surface area contributed by atoms with Crippen molar-refractivity contribution in [3.05, 3.63) is 28.8 Å². The number of benzene rings is 1. The van der Waals surface area contributed by atoms with E-state index in [2.05, 4.69) is 4.99 Å². The normalized spacial score (nSPS) is 10.2. The van der Waals surface area contributed by atoms with Crippen LogP contribution in [0.4, 0.5) is 0 Å². The molecule has 0 aliphatic rings. The van der Waals surface area contributed by atoms with Gasteiger partial charge in [0.05, 0.1) is 6.54 Å². The maximum Gasteiger partial charge on any atom is 0.235 e. The van der Waals surface area contributed by atoms with E-state index in [0.29, 0.717) is 18.8 Å². The Labute approximate surface area is 95.2 Å². The van der Waals surface area contributed by atoms with E-state index in [9.17, 15) is 9.90 Å². The number of hydrogen-bond acceptors (Lipinski definition) is 4. The summed E-state index contributed by atoms with van der Waals surface area (Å²) in [6.07, 6.45) is 1.51. The molecule has 0 fully saturated rings. The quantitative estimate of drug-likeness (QED) is 0.619. The highest BCUT2D eigenvalue weighted by molar-refractivity contribution is 5.43. The first-order valence-electron chi connectivity index (χ1n) is 5.04. The van der Waals surface area contributed by atoms with Crippen molar-refractivity contribution in [3.63, 3.8) is 0 Å². The Kier molecular flexibility index (Phi) is 4.23. The standard InChI is InChI=1S/C12H16N2O2/c1-9-4-10(6-13-8-15)5-11(12(9)16)7-14(2)3/h4-5,16H,6-7H2,1-3H3. The molecule has 0 atom stereocenters. The lowest BCUT2D eigenvalue weighted by atomic mass is 10.0. The SMILES string of the molecule is Cc1cc(CN=C=O)cc(CN(C)C)c1O. The van der Waals surface area contributed by atoms with E-state index in [1.807, 2.05) is 38.1 Å². The van der Waals surface area contributed by atoms with Crippen LogP contribution in [0.15, 0.2) is 17.1 Å². The van der Waals surface area contributed by atoms with Crippen LogP contribution in [-0.4, -0.2) is 30.2 Å². The molecular weight excluding hydrogens is 204 g/mol. The van der Waals surface area contributed by atoms with Gasteiger partial charge in [-0.2, -0.15) is 0 Å². The Morgan fingerprint density at radius 3 is 2.69 bits per heavy atom. The van der Waals surface area contributed by atoms with Gasteiger partial charge in [0.1, 0.15) is 5.75 Å². The van der Waals surface area contributed by atoms with Gasteiger partial charge >= 0.3 is 0 Å². The van der Waals surface area contributed by atoms with Gasteiger partial charge in [0.25, 0.3) is 0 Å². The second kappa shape index (κ2) is 5.45. The fraction of sp³-hybridized carbons (Fsp3) is 0.417. The Bertz CT molecular complexity index is 421. The lowest BCUT2D eigenvalue weighted by molar-refractivity contribution is 0.384. The van der Waals surface area contributed by atoms with Crippen LogP contribution in [0.2, 0.25) is 0 Å². The number of hydrogen-bond donors (Lipinski definition) is 1. The highest BCUT2D eigenvalue weighted by Crippen LogP contribution is 2.25. The maximum atomic E-state index is 10.0. The first-order valence-corrected chi connectivity index (χ1v) is 5.04. The van der Waals surface area contributed by atoms with Gasteiger partial charge in [-0.1, -0.05) is 6.07 Å². The van der Waals surface area contributed by atoms with E-state index in [1.165, 1.54) is 6.08 Å². The highest BCUT2D eigenvalue weighted by atomic mass is 16.3. The molecule has 1 rings (SSSR count). The van der Waals surface area contributed by atoms with Crippen molar-refractivity contribution < 1.29 is 9.90 Å². The number of rotatable bonds is 4. The van der Waals surface area contributed by atoms with Crippen molar-refractivity contribution in [2.24, 2.45) is 4.99 Å². The summed E-state index contributed by atoms with van der Waals surface area (Å²) in [6.45, 7) is 2.80. The minimum absolute atomic E-state index is 0.311. The van der Waals surface area contributed by atoms with E-state index in [4.69, 9.17) is 0 Å². The molecule has 0 radical (unpaired) electrons. The molecule has 1 N–H and O–H groups in total. The van der Waals surface area contributed by atoms with E-state index in [-0.39, 0.29) is 0 Å². The van der Waals surface area contributed by atoms with Crippen LogP contribution in [0.5, 0.6) is 5.75 Å². The Hall–Kier alpha value is -1.64. The first kappa shape index (κ1) is 12.4. The van der Waals surface area contributed by atoms with Crippen LogP contribution in [0.25, 0.3) is 0 Å². The monoisotopic (exact) mass is 220 g/mol. The molecule has 0 aromatic heterocycles. The lowest BCUT2D eigenvalue weighted by Gasteiger charge is -2.14. The van der Waals surface area contributed by atoms with Gasteiger partial charge < -0.3 is 10.0 Å². The van der Waals surface area contributed by atoms with Gasteiger partial charge in [0.2, 0.25) is 6.08 Å². The largest absolute Gasteiger partial charge is 0.507 e. The summed E-state index contributed by atoms with van der Waals surface area (Å²) in [5.41, 5.74) is 2.56. The molecule has 0 aliphatic heterocycles. The van der Waals surface area contributed by atoms with Crippen LogP contribution in [-0.2, 0) is 17.9 Å². The van der Waals surface area contributed by atoms with Crippen molar-refractivity contribution in [2.75, 3.05) is 14.1 Å². The summed E-state index contributed by atoms with van der Waals surface area (Å²) in [5, 5.41) is 9.86. The van der Waals surface area contributed by atoms with Gasteiger partial charge in [-0.25, -0.2) is 9.79 Å². The van der Waals surface area contributed by atoms with Gasteiger partial charge in [0.15, 0.2) is 0 Å². The zero-order valence-electron chi connectivity index (χ0n) is 9.82. The number of aliphatic imine (C=N–C) groups is 1. The van der Waals surface area contributed by atoms with E-state index < -0.39 is 0 Å². The third-order valence-corrected chi connectivity index (χ3v) is 2.25. The summed E-state index contributed by atoms with van der Waals surface area (Å²) in [7, 11) is 3.87. The molecule has 0 saturated carbocycles. The summed E-state index contributed by atoms with van der Waals surface area (Å²) in [4.78, 5) is 15.5. The topological polar surface area (TPSA) is 52.9 Å². The van der Waals surface area contributed by atoms with Crippen molar-refractivity contribution in [1.82, 2.24) is 4.90 Å². The molecule has 0 heterocycles. The van der Waals surface area contributed by atoms with Crippen molar-refractivity contribution in [3.8, 4) is 5.75 Å². The number of phenolic OH excluding ortho intramolecular Hbond substituents is 1. The average Bonchev–Trinajstić information content (AvgIpc) is 2.21. The summed E-state index contributed by atoms with van der Waals surface area (Å²) in [6, 6.07) is 3.69. The van der Waals surface area contributed by atoms with Gasteiger partial charge in [0, 0.05) is 12.1 Å². The molecule has 0 amide bonds. The fourth-order valence-electron chi connectivity index (χ4n) is 1.61. The number of carbonyl (C=O) groups excluding carboxylic acids is 1. The minimum Gasteiger partial charge on any atom is -0.507 e. The average molecular weight is 220 g/mol. The predicted molar refractivity (Wildman–Crippen MR) is 62.1 cm³/mol. The van der Waals surface area contributed by atoms with Crippen molar-refractivity contribution in [1.29, 1.82) is 0 Å². The fourth-order valence-corrected chi connectivity index (χ4v) is 1.61. The number of isocyanates is 1. The third-order valence-electron chi connectivity index (χ3n) is 2.25. The Morgan fingerprint density at radius 2 is 2.12 bits per heavy atom. The number of aromatic hydroxyl groups is 1. The molecule has 86 valence electrons. The molecule has 0 bridgehead atoms. The Balaban J connectivity index is 3.05. The van der Waals surface area contributed by atoms with Gasteiger partial charge in [-0.05, 0) is 38.2 Å². The summed E-state index contributed by atoms with van der Waals surface area (Å²) >= 11 is 0. The molecule has 0 saturated heterocycles. The lowest BCUT2D eigenvalue weighted by Crippen LogP contribution is -2.11. The number of phenols is 1. The molecule has 0 unspecified atom stereocenters. The van der Waals surface area contributed by atoms with E-state index in [1.54, 1.807) is 0 Å². The zero-order chi connectivity index (χ0) is 12.1. The van der Waals surface area contributed by atoms with E-state index >= 15 is 0 Å². The Morgan fingerprint density at radius 1 is 1.44 bits per heavy atom. The molecular formula is C12H16N2O2. The van der Waals surface area contributed by atoms with Crippen LogP contribution in [0.3, 0.4) is 0 Å². The van der Waals surface area contributed by atoms with Crippen LogP contribution in [0.1, 0.15) is 16.7 Å². The van der Waals surface area contributed by atoms with Crippen molar-refractivity contribution in [2.45, 2.75) is 20.0 Å². The summed E-state index contributed by atoms with van der Waals surface area (Å²) in [5.74, 6) is 0.313. The molecule has 4 nitrogen and oxygen atoms in total. The number of aryl methyl sites for hydroxylation is 1. The highest BCUT2D eigenvalue weighted by Gasteiger charge is 2.07. The molecule has 1 aromatic rings. The van der Waals surface area contributed by atoms with E-state index in [0.717, 1.165) is 16.7 Å². The second-order valence-corrected chi connectivity index (χ2v) is 4.07. The minimum atomic E-state index is 0.311. The first-order chi connectivity index (χ1) is 7.54. The smallest absolute Gasteiger partial charge is 0.235 e. The zero-order valence-corrected chi connectivity index (χ0v) is 9.82. The molecule has 0 aliphatic carbocycles. The molecule has 4 heteroatoms. The van der Waals surface area contributed by atoms with Crippen molar-refractivity contribution >= 4 is 6.08 Å². The maximum absolute atomic E-state index is 10.0. The molecule has 16 heavy (non-hydrogen) atoms. The predicted octanol–water partition coefficient (Wildman–Crippen LogP) is 1.60. The van der Waals surface area contributed by atoms with Crippen LogP contribution >= 0.6 is 0 Å². The second-order valence-electron chi connectivity index (χ2n) is 4.07. The van der Waals surface area contributed by atoms with Gasteiger partial charge in [-0.3, -0.25) is 0 Å². The molecule has 0 spiro atoms. The summed E-state index contributed by atoms with van der Waals surface area (Å²) < 4.78 is 0. The van der Waals surface area contributed by atoms with Crippen LogP contribution in [0, 0.1) is 6.92 Å².